The van der Waals surface area contributed by atoms with E-state index < -0.39 is 0 Å². The van der Waals surface area contributed by atoms with Crippen molar-refractivity contribution in [3.8, 4) is 11.5 Å². The fraction of sp³-hybridized carbons (Fsp3) is 0.647. The van der Waals surface area contributed by atoms with Gasteiger partial charge in [0.15, 0.2) is 0 Å². The molecule has 2 fully saturated rings. The van der Waals surface area contributed by atoms with Crippen LogP contribution in [0.3, 0.4) is 0 Å². The zero-order valence-corrected chi connectivity index (χ0v) is 28.8. The van der Waals surface area contributed by atoms with E-state index in [1.54, 1.807) is 14.2 Å². The van der Waals surface area contributed by atoms with Crippen LogP contribution in [0, 0.1) is 10.8 Å². The Balaban J connectivity index is 1.52. The Morgan fingerprint density at radius 1 is 0.575 bits per heavy atom. The monoisotopic (exact) mass is 618 g/mol. The highest BCUT2D eigenvalue weighted by atomic mass is 32.2. The molecule has 2 nitrogen and oxygen atoms in total. The first-order valence-corrected chi connectivity index (χ1v) is 18.9. The maximum atomic E-state index is 5.38. The Morgan fingerprint density at radius 3 is 1.20 bits per heavy atom. The van der Waals surface area contributed by atoms with Crippen molar-refractivity contribution in [1.82, 2.24) is 0 Å². The molecule has 2 aromatic rings. The van der Waals surface area contributed by atoms with Gasteiger partial charge < -0.3 is 9.47 Å². The van der Waals surface area contributed by atoms with Gasteiger partial charge in [-0.3, -0.25) is 0 Å². The Bertz CT molecular complexity index is 951. The number of thioether (sulfide) groups is 4. The zero-order valence-electron chi connectivity index (χ0n) is 25.6. The van der Waals surface area contributed by atoms with Crippen LogP contribution in [-0.4, -0.2) is 45.4 Å². The second-order valence-corrected chi connectivity index (χ2v) is 19.1. The normalized spacial score (nSPS) is 19.2. The highest BCUT2D eigenvalue weighted by Gasteiger charge is 2.57. The third-order valence-electron chi connectivity index (χ3n) is 8.42. The lowest BCUT2D eigenvalue weighted by atomic mass is 9.77. The van der Waals surface area contributed by atoms with Crippen LogP contribution >= 0.6 is 47.0 Å². The molecule has 0 amide bonds. The molecule has 0 atom stereocenters. The molecule has 222 valence electrons. The Hall–Kier alpha value is -0.560. The van der Waals surface area contributed by atoms with Crippen molar-refractivity contribution in [3.05, 3.63) is 59.7 Å². The van der Waals surface area contributed by atoms with Crippen molar-refractivity contribution in [2.45, 2.75) is 87.2 Å². The molecule has 0 aromatic heterocycles. The van der Waals surface area contributed by atoms with E-state index in [4.69, 9.17) is 9.47 Å². The fourth-order valence-corrected chi connectivity index (χ4v) is 15.1. The van der Waals surface area contributed by atoms with Crippen molar-refractivity contribution in [1.29, 1.82) is 0 Å². The van der Waals surface area contributed by atoms with Gasteiger partial charge in [-0.15, -0.1) is 47.0 Å². The Kier molecular flexibility index (Phi) is 11.5. The largest absolute Gasteiger partial charge is 0.497 e. The van der Waals surface area contributed by atoms with Gasteiger partial charge in [0.2, 0.25) is 0 Å². The molecular weight excluding hydrogens is 569 g/mol. The molecule has 40 heavy (non-hydrogen) atoms. The van der Waals surface area contributed by atoms with Crippen molar-refractivity contribution in [2.24, 2.45) is 10.8 Å². The van der Waals surface area contributed by atoms with E-state index in [0.717, 1.165) is 24.3 Å². The van der Waals surface area contributed by atoms with Gasteiger partial charge in [-0.25, -0.2) is 0 Å². The summed E-state index contributed by atoms with van der Waals surface area (Å²) in [7, 11) is 3.49. The number of hydrogen-bond acceptors (Lipinski definition) is 6. The summed E-state index contributed by atoms with van der Waals surface area (Å²) in [5.74, 6) is 7.10. The number of rotatable bonds is 13. The van der Waals surface area contributed by atoms with Gasteiger partial charge in [-0.2, -0.15) is 0 Å². The van der Waals surface area contributed by atoms with Crippen molar-refractivity contribution < 1.29 is 9.47 Å². The minimum absolute atomic E-state index is 0.252. The number of methoxy groups -OCH3 is 2. The van der Waals surface area contributed by atoms with Gasteiger partial charge in [-0.05, 0) is 121 Å². The maximum absolute atomic E-state index is 5.38. The first-order valence-electron chi connectivity index (χ1n) is 14.9. The van der Waals surface area contributed by atoms with E-state index in [1.165, 1.54) is 72.7 Å². The van der Waals surface area contributed by atoms with Gasteiger partial charge in [0.1, 0.15) is 11.5 Å². The summed E-state index contributed by atoms with van der Waals surface area (Å²) in [5, 5.41) is 0. The van der Waals surface area contributed by atoms with Crippen LogP contribution in [0.4, 0.5) is 0 Å². The predicted octanol–water partition coefficient (Wildman–Crippen LogP) is 10.2. The molecule has 2 heterocycles. The van der Waals surface area contributed by atoms with Crippen molar-refractivity contribution in [2.75, 3.05) is 37.2 Å². The maximum Gasteiger partial charge on any atom is 0.118 e. The van der Waals surface area contributed by atoms with Crippen LogP contribution in [0.25, 0.3) is 0 Å². The third-order valence-corrected chi connectivity index (χ3v) is 16.2. The Morgan fingerprint density at radius 2 is 0.900 bits per heavy atom. The molecule has 2 aliphatic rings. The third kappa shape index (κ3) is 8.51. The molecule has 0 bridgehead atoms. The summed E-state index contributed by atoms with van der Waals surface area (Å²) < 4.78 is 11.3. The summed E-state index contributed by atoms with van der Waals surface area (Å²) in [6.07, 6.45) is 9.93. The van der Waals surface area contributed by atoms with Crippen LogP contribution in [0.1, 0.15) is 77.3 Å². The molecule has 6 heteroatoms. The van der Waals surface area contributed by atoms with Crippen LogP contribution in [0.5, 0.6) is 11.5 Å². The predicted molar refractivity (Wildman–Crippen MR) is 184 cm³/mol. The molecule has 2 saturated heterocycles. The zero-order chi connectivity index (χ0) is 28.7. The van der Waals surface area contributed by atoms with Gasteiger partial charge in [-0.1, -0.05) is 52.0 Å². The summed E-state index contributed by atoms with van der Waals surface area (Å²) >= 11 is 9.28. The fourth-order valence-electron chi connectivity index (χ4n) is 6.05. The first kappa shape index (κ1) is 32.4. The van der Waals surface area contributed by atoms with Crippen molar-refractivity contribution >= 4 is 47.0 Å². The topological polar surface area (TPSA) is 18.5 Å². The highest BCUT2D eigenvalue weighted by molar-refractivity contribution is 8.25. The summed E-state index contributed by atoms with van der Waals surface area (Å²) in [6.45, 7) is 10.1. The molecule has 0 unspecified atom stereocenters. The van der Waals surface area contributed by atoms with E-state index in [1.807, 2.05) is 0 Å². The highest BCUT2D eigenvalue weighted by Crippen LogP contribution is 2.68. The van der Waals surface area contributed by atoms with Crippen LogP contribution in [-0.2, 0) is 12.8 Å². The summed E-state index contributed by atoms with van der Waals surface area (Å²) in [5.41, 5.74) is 3.39. The average molecular weight is 619 g/mol. The lowest BCUT2D eigenvalue weighted by Crippen LogP contribution is -2.52. The standard InChI is InChI=1S/C34H50O2S4/c1-31(2,19-17-27-9-13-29(35-5)14-10-27)25-33(37-21-7-22-38-33)34(39-23-8-24-40-34)26-32(3,4)20-18-28-11-15-30(36-6)16-12-28/h9-16H,7-8,17-26H2,1-6H3. The minimum atomic E-state index is 0.252. The Labute approximate surface area is 261 Å². The van der Waals surface area contributed by atoms with E-state index in [2.05, 4.69) is 123 Å². The van der Waals surface area contributed by atoms with Gasteiger partial charge in [0.05, 0.1) is 22.4 Å². The number of benzene rings is 2. The lowest BCUT2D eigenvalue weighted by molar-refractivity contribution is 0.253. The van der Waals surface area contributed by atoms with Crippen LogP contribution in [0.2, 0.25) is 0 Å². The van der Waals surface area contributed by atoms with E-state index in [0.29, 0.717) is 0 Å². The van der Waals surface area contributed by atoms with Crippen molar-refractivity contribution in [3.63, 3.8) is 0 Å². The minimum Gasteiger partial charge on any atom is -0.497 e. The molecule has 0 radical (unpaired) electrons. The van der Waals surface area contributed by atoms with Gasteiger partial charge >= 0.3 is 0 Å². The van der Waals surface area contributed by atoms with E-state index in [9.17, 15) is 0 Å². The van der Waals surface area contributed by atoms with Gasteiger partial charge in [0, 0.05) is 0 Å². The molecular formula is C34H50O2S4. The number of aryl methyl sites for hydroxylation is 2. The molecule has 0 N–H and O–H groups in total. The summed E-state index contributed by atoms with van der Waals surface area (Å²) in [4.78, 5) is 0. The lowest BCUT2D eigenvalue weighted by Gasteiger charge is -2.56. The van der Waals surface area contributed by atoms with Gasteiger partial charge in [0.25, 0.3) is 0 Å². The van der Waals surface area contributed by atoms with E-state index in [-0.39, 0.29) is 19.0 Å². The molecule has 4 rings (SSSR count). The molecule has 0 saturated carbocycles. The molecule has 0 spiro atoms. The quantitative estimate of drug-likeness (QED) is 0.221. The summed E-state index contributed by atoms with van der Waals surface area (Å²) in [6, 6.07) is 17.4. The van der Waals surface area contributed by atoms with E-state index >= 15 is 0 Å². The first-order chi connectivity index (χ1) is 19.1. The molecule has 2 aromatic carbocycles. The average Bonchev–Trinajstić information content (AvgIpc) is 2.96. The number of ether oxygens (including phenoxy) is 2. The molecule has 0 aliphatic carbocycles. The van der Waals surface area contributed by atoms with Crippen LogP contribution < -0.4 is 9.47 Å². The second-order valence-electron chi connectivity index (χ2n) is 13.0. The SMILES string of the molecule is COc1ccc(CCC(C)(C)CC2(C3(CC(C)(C)CCc4ccc(OC)cc4)SCCCS3)SCCCS2)cc1. The van der Waals surface area contributed by atoms with Crippen LogP contribution in [0.15, 0.2) is 48.5 Å². The number of hydrogen-bond donors (Lipinski definition) is 0. The smallest absolute Gasteiger partial charge is 0.118 e. The second kappa shape index (κ2) is 14.3. The molecule has 2 aliphatic heterocycles.